The monoisotopic (exact) mass is 272 g/mol. The van der Waals surface area contributed by atoms with E-state index in [-0.39, 0.29) is 31.2 Å². The molecule has 0 aromatic heterocycles. The molecular weight excluding hydrogens is 248 g/mol. The molecule has 1 heterocycles. The first kappa shape index (κ1) is 15.9. The van der Waals surface area contributed by atoms with Gasteiger partial charge in [-0.05, 0) is 26.8 Å². The Bertz CT molecular complexity index is 312. The van der Waals surface area contributed by atoms with E-state index in [1.165, 1.54) is 0 Å². The second-order valence-electron chi connectivity index (χ2n) is 5.16. The molecule has 0 bridgehead atoms. The van der Waals surface area contributed by atoms with Crippen molar-refractivity contribution in [2.45, 2.75) is 39.4 Å². The minimum absolute atomic E-state index is 0.0169. The van der Waals surface area contributed by atoms with Crippen molar-refractivity contribution in [1.82, 2.24) is 9.80 Å². The average Bonchev–Trinajstić information content (AvgIpc) is 2.26. The van der Waals surface area contributed by atoms with Gasteiger partial charge in [-0.25, -0.2) is 0 Å². The Morgan fingerprint density at radius 1 is 1.26 bits per heavy atom. The molecule has 0 aliphatic carbocycles. The van der Waals surface area contributed by atoms with Crippen molar-refractivity contribution >= 4 is 11.9 Å². The quantitative estimate of drug-likeness (QED) is 0.759. The summed E-state index contributed by atoms with van der Waals surface area (Å²) >= 11 is 0. The molecule has 0 aromatic carbocycles. The van der Waals surface area contributed by atoms with Crippen molar-refractivity contribution in [3.63, 3.8) is 0 Å². The zero-order valence-corrected chi connectivity index (χ0v) is 12.0. The summed E-state index contributed by atoms with van der Waals surface area (Å²) in [6.07, 6.45) is 0.898. The molecule has 0 saturated carbocycles. The van der Waals surface area contributed by atoms with Crippen LogP contribution in [0.1, 0.15) is 27.2 Å². The van der Waals surface area contributed by atoms with Crippen LogP contribution in [0.2, 0.25) is 0 Å². The molecule has 6 nitrogen and oxygen atoms in total. The Kier molecular flexibility index (Phi) is 6.24. The predicted octanol–water partition coefficient (Wildman–Crippen LogP) is 0.419. The molecule has 1 amide bonds. The minimum Gasteiger partial charge on any atom is -0.480 e. The summed E-state index contributed by atoms with van der Waals surface area (Å²) in [6.45, 7) is 7.71. The lowest BCUT2D eigenvalue weighted by molar-refractivity contribution is -0.145. The maximum absolute atomic E-state index is 12.2. The maximum Gasteiger partial charge on any atom is 0.317 e. The van der Waals surface area contributed by atoms with E-state index in [0.717, 1.165) is 6.42 Å². The first-order valence-electron chi connectivity index (χ1n) is 6.79. The molecule has 1 aliphatic rings. The van der Waals surface area contributed by atoms with Crippen molar-refractivity contribution in [2.24, 2.45) is 0 Å². The Labute approximate surface area is 114 Å². The van der Waals surface area contributed by atoms with E-state index < -0.39 is 5.97 Å². The number of ether oxygens (including phenoxy) is 1. The van der Waals surface area contributed by atoms with Crippen LogP contribution in [0.25, 0.3) is 0 Å². The summed E-state index contributed by atoms with van der Waals surface area (Å²) < 4.78 is 5.58. The normalized spacial score (nSPS) is 23.7. The fourth-order valence-electron chi connectivity index (χ4n) is 2.39. The summed E-state index contributed by atoms with van der Waals surface area (Å²) in [5.41, 5.74) is 0. The average molecular weight is 272 g/mol. The van der Waals surface area contributed by atoms with Crippen LogP contribution in [0, 0.1) is 0 Å². The third-order valence-electron chi connectivity index (χ3n) is 3.03. The van der Waals surface area contributed by atoms with Crippen LogP contribution >= 0.6 is 0 Å². The lowest BCUT2D eigenvalue weighted by atomic mass is 10.2. The summed E-state index contributed by atoms with van der Waals surface area (Å²) in [4.78, 5) is 26.4. The van der Waals surface area contributed by atoms with Gasteiger partial charge >= 0.3 is 5.97 Å². The van der Waals surface area contributed by atoms with E-state index in [2.05, 4.69) is 0 Å². The van der Waals surface area contributed by atoms with Gasteiger partial charge in [0.25, 0.3) is 0 Å². The number of carbonyl (C=O) groups is 2. The predicted molar refractivity (Wildman–Crippen MR) is 71.0 cm³/mol. The number of morpholine rings is 1. The summed E-state index contributed by atoms with van der Waals surface area (Å²) in [7, 11) is 0. The third kappa shape index (κ3) is 5.57. The van der Waals surface area contributed by atoms with E-state index in [4.69, 9.17) is 9.84 Å². The summed E-state index contributed by atoms with van der Waals surface area (Å²) in [6, 6.07) is 0. The first-order valence-corrected chi connectivity index (χ1v) is 6.79. The van der Waals surface area contributed by atoms with Gasteiger partial charge in [0.1, 0.15) is 0 Å². The zero-order valence-electron chi connectivity index (χ0n) is 12.0. The molecule has 110 valence electrons. The van der Waals surface area contributed by atoms with Crippen molar-refractivity contribution in [3.05, 3.63) is 0 Å². The maximum atomic E-state index is 12.2. The lowest BCUT2D eigenvalue weighted by Gasteiger charge is -2.36. The van der Waals surface area contributed by atoms with Gasteiger partial charge in [-0.1, -0.05) is 6.92 Å². The van der Waals surface area contributed by atoms with Crippen molar-refractivity contribution in [3.8, 4) is 0 Å². The van der Waals surface area contributed by atoms with E-state index in [1.54, 1.807) is 9.80 Å². The lowest BCUT2D eigenvalue weighted by Crippen LogP contribution is -2.51. The summed E-state index contributed by atoms with van der Waals surface area (Å²) in [5.74, 6) is -0.915. The van der Waals surface area contributed by atoms with Gasteiger partial charge in [0.2, 0.25) is 5.91 Å². The Hall–Kier alpha value is -1.14. The van der Waals surface area contributed by atoms with Crippen LogP contribution in [-0.2, 0) is 14.3 Å². The smallest absolute Gasteiger partial charge is 0.317 e. The van der Waals surface area contributed by atoms with E-state index in [1.807, 2.05) is 20.8 Å². The molecule has 19 heavy (non-hydrogen) atoms. The second kappa shape index (κ2) is 7.45. The molecule has 1 fully saturated rings. The standard InChI is InChI=1S/C13H24N2O4/c1-4-5-14(9-13(17)18)8-12(16)15-6-10(2)19-11(3)7-15/h10-11H,4-9H2,1-3H3,(H,17,18)/t10-,11+. The summed E-state index contributed by atoms with van der Waals surface area (Å²) in [5, 5.41) is 8.83. The number of rotatable bonds is 6. The highest BCUT2D eigenvalue weighted by atomic mass is 16.5. The third-order valence-corrected chi connectivity index (χ3v) is 3.03. The van der Waals surface area contributed by atoms with Crippen LogP contribution in [0.5, 0.6) is 0 Å². The van der Waals surface area contributed by atoms with Crippen molar-refractivity contribution in [2.75, 3.05) is 32.7 Å². The highest BCUT2D eigenvalue weighted by Gasteiger charge is 2.27. The fourth-order valence-corrected chi connectivity index (χ4v) is 2.39. The molecule has 1 aliphatic heterocycles. The molecule has 0 spiro atoms. The SMILES string of the molecule is CCCN(CC(=O)O)CC(=O)N1C[C@@H](C)O[C@@H](C)C1. The van der Waals surface area contributed by atoms with E-state index in [9.17, 15) is 9.59 Å². The van der Waals surface area contributed by atoms with Gasteiger partial charge in [0.15, 0.2) is 0 Å². The molecule has 0 unspecified atom stereocenters. The number of nitrogens with zero attached hydrogens (tertiary/aromatic N) is 2. The number of carboxylic acid groups (broad SMARTS) is 1. The van der Waals surface area contributed by atoms with Gasteiger partial charge in [-0.15, -0.1) is 0 Å². The number of amides is 1. The number of carboxylic acids is 1. The molecule has 0 aromatic rings. The number of hydrogen-bond donors (Lipinski definition) is 1. The largest absolute Gasteiger partial charge is 0.480 e. The Morgan fingerprint density at radius 3 is 2.32 bits per heavy atom. The second-order valence-corrected chi connectivity index (χ2v) is 5.16. The van der Waals surface area contributed by atoms with Gasteiger partial charge < -0.3 is 14.7 Å². The Balaban J connectivity index is 2.52. The molecule has 2 atom stereocenters. The van der Waals surface area contributed by atoms with Crippen LogP contribution < -0.4 is 0 Å². The highest BCUT2D eigenvalue weighted by molar-refractivity contribution is 5.79. The number of aliphatic carboxylic acids is 1. The van der Waals surface area contributed by atoms with Crippen molar-refractivity contribution < 1.29 is 19.4 Å². The van der Waals surface area contributed by atoms with Gasteiger partial charge in [0.05, 0.1) is 25.3 Å². The van der Waals surface area contributed by atoms with Crippen LogP contribution in [0.15, 0.2) is 0 Å². The molecular formula is C13H24N2O4. The van der Waals surface area contributed by atoms with Gasteiger partial charge in [-0.3, -0.25) is 14.5 Å². The van der Waals surface area contributed by atoms with Crippen LogP contribution in [0.4, 0.5) is 0 Å². The fraction of sp³-hybridized carbons (Fsp3) is 0.846. The Morgan fingerprint density at radius 2 is 1.84 bits per heavy atom. The highest BCUT2D eigenvalue weighted by Crippen LogP contribution is 2.11. The number of carbonyl (C=O) groups excluding carboxylic acids is 1. The van der Waals surface area contributed by atoms with Gasteiger partial charge in [0, 0.05) is 13.1 Å². The molecule has 6 heteroatoms. The van der Waals surface area contributed by atoms with Crippen molar-refractivity contribution in [1.29, 1.82) is 0 Å². The minimum atomic E-state index is -0.898. The molecule has 1 N–H and O–H groups in total. The molecule has 0 radical (unpaired) electrons. The first-order chi connectivity index (χ1) is 8.92. The van der Waals surface area contributed by atoms with Crippen LogP contribution in [-0.4, -0.2) is 71.7 Å². The molecule has 1 saturated heterocycles. The van der Waals surface area contributed by atoms with E-state index >= 15 is 0 Å². The molecule has 1 rings (SSSR count). The zero-order chi connectivity index (χ0) is 14.4. The number of hydrogen-bond acceptors (Lipinski definition) is 4. The van der Waals surface area contributed by atoms with Gasteiger partial charge in [-0.2, -0.15) is 0 Å². The van der Waals surface area contributed by atoms with Crippen LogP contribution in [0.3, 0.4) is 0 Å². The van der Waals surface area contributed by atoms with E-state index in [0.29, 0.717) is 19.6 Å². The topological polar surface area (TPSA) is 70.1 Å².